The maximum Gasteiger partial charge on any atom is 0.326 e. The van der Waals surface area contributed by atoms with Gasteiger partial charge >= 0.3 is 5.97 Å². The number of carbonyl (C=O) groups excluding carboxylic acids is 3. The SMILES string of the molecule is CC(C)CC(N)C(=O)NC(C)C(=O)NC(CCCCN)C(=O)NC(Cc1cnc[nH]1)C(=O)O. The fraction of sp³-hybridized carbons (Fsp3) is 0.667. The van der Waals surface area contributed by atoms with E-state index in [0.717, 1.165) is 0 Å². The largest absolute Gasteiger partial charge is 0.480 e. The van der Waals surface area contributed by atoms with Gasteiger partial charge in [0.2, 0.25) is 17.7 Å². The van der Waals surface area contributed by atoms with Gasteiger partial charge in [-0.2, -0.15) is 0 Å². The summed E-state index contributed by atoms with van der Waals surface area (Å²) >= 11 is 0. The molecule has 1 aromatic heterocycles. The molecule has 1 rings (SSSR count). The summed E-state index contributed by atoms with van der Waals surface area (Å²) in [5, 5.41) is 17.1. The number of H-pyrrole nitrogens is 1. The highest BCUT2D eigenvalue weighted by atomic mass is 16.4. The zero-order chi connectivity index (χ0) is 25.0. The normalized spacial score (nSPS) is 14.7. The average Bonchev–Trinajstić information content (AvgIpc) is 3.24. The molecule has 4 atom stereocenters. The second kappa shape index (κ2) is 14.2. The Morgan fingerprint density at radius 2 is 1.70 bits per heavy atom. The van der Waals surface area contributed by atoms with Crippen molar-refractivity contribution in [3.8, 4) is 0 Å². The Labute approximate surface area is 193 Å². The minimum atomic E-state index is -1.22. The summed E-state index contributed by atoms with van der Waals surface area (Å²) in [6, 6.07) is -3.88. The molecule has 0 bridgehead atoms. The number of aromatic nitrogens is 2. The molecule has 0 aromatic carbocycles. The lowest BCUT2D eigenvalue weighted by Crippen LogP contribution is -2.56. The van der Waals surface area contributed by atoms with Gasteiger partial charge in [0.05, 0.1) is 12.4 Å². The fourth-order valence-electron chi connectivity index (χ4n) is 3.15. The zero-order valence-corrected chi connectivity index (χ0v) is 19.5. The van der Waals surface area contributed by atoms with Gasteiger partial charge < -0.3 is 37.5 Å². The van der Waals surface area contributed by atoms with Crippen molar-refractivity contribution in [2.75, 3.05) is 6.54 Å². The van der Waals surface area contributed by atoms with Crippen LogP contribution in [0.4, 0.5) is 0 Å². The Kier molecular flexibility index (Phi) is 12.1. The van der Waals surface area contributed by atoms with Crippen molar-refractivity contribution >= 4 is 23.7 Å². The van der Waals surface area contributed by atoms with E-state index in [2.05, 4.69) is 25.9 Å². The maximum atomic E-state index is 12.8. The zero-order valence-electron chi connectivity index (χ0n) is 19.5. The molecule has 12 nitrogen and oxygen atoms in total. The van der Waals surface area contributed by atoms with Crippen molar-refractivity contribution in [1.29, 1.82) is 0 Å². The third-order valence-corrected chi connectivity index (χ3v) is 4.99. The Hall–Kier alpha value is -2.99. The summed E-state index contributed by atoms with van der Waals surface area (Å²) in [7, 11) is 0. The van der Waals surface area contributed by atoms with E-state index < -0.39 is 47.9 Å². The van der Waals surface area contributed by atoms with Gasteiger partial charge in [-0.3, -0.25) is 14.4 Å². The number of nitrogens with one attached hydrogen (secondary N) is 4. The molecule has 12 heteroatoms. The molecule has 0 spiro atoms. The number of nitrogens with two attached hydrogens (primary N) is 2. The van der Waals surface area contributed by atoms with Crippen LogP contribution in [0.5, 0.6) is 0 Å². The number of unbranched alkanes of at least 4 members (excludes halogenated alkanes) is 1. The van der Waals surface area contributed by atoms with Gasteiger partial charge in [-0.25, -0.2) is 9.78 Å². The van der Waals surface area contributed by atoms with E-state index in [1.165, 1.54) is 19.4 Å². The van der Waals surface area contributed by atoms with Crippen LogP contribution in [0.25, 0.3) is 0 Å². The summed E-state index contributed by atoms with van der Waals surface area (Å²) in [5.74, 6) is -2.67. The summed E-state index contributed by atoms with van der Waals surface area (Å²) in [6.07, 6.45) is 4.80. The number of rotatable bonds is 15. The molecule has 186 valence electrons. The molecular weight excluding hydrogens is 430 g/mol. The molecule has 0 radical (unpaired) electrons. The van der Waals surface area contributed by atoms with E-state index >= 15 is 0 Å². The van der Waals surface area contributed by atoms with Gasteiger partial charge in [0.25, 0.3) is 0 Å². The fourth-order valence-corrected chi connectivity index (χ4v) is 3.15. The van der Waals surface area contributed by atoms with E-state index in [9.17, 15) is 24.3 Å². The topological polar surface area (TPSA) is 205 Å². The van der Waals surface area contributed by atoms with Crippen molar-refractivity contribution in [2.45, 2.75) is 77.0 Å². The molecule has 1 aromatic rings. The molecule has 0 aliphatic rings. The molecule has 3 amide bonds. The van der Waals surface area contributed by atoms with Crippen LogP contribution in [0.15, 0.2) is 12.5 Å². The van der Waals surface area contributed by atoms with E-state index in [-0.39, 0.29) is 18.8 Å². The highest BCUT2D eigenvalue weighted by molar-refractivity contribution is 5.93. The predicted octanol–water partition coefficient (Wildman–Crippen LogP) is -0.986. The van der Waals surface area contributed by atoms with Crippen molar-refractivity contribution in [2.24, 2.45) is 17.4 Å². The summed E-state index contributed by atoms with van der Waals surface area (Å²) in [6.45, 7) is 5.78. The van der Waals surface area contributed by atoms with Gasteiger partial charge in [0.1, 0.15) is 18.1 Å². The standard InChI is InChI=1S/C21H37N7O5/c1-12(2)8-15(23)19(30)26-13(3)18(29)27-16(6-4-5-7-22)20(31)28-17(21(32)33)9-14-10-24-11-25-14/h10-13,15-17H,4-9,22-23H2,1-3H3,(H,24,25)(H,26,30)(H,27,29)(H,28,31)(H,32,33). The number of carboxylic acids is 1. The first-order chi connectivity index (χ1) is 15.5. The third-order valence-electron chi connectivity index (χ3n) is 4.99. The number of aromatic amines is 1. The predicted molar refractivity (Wildman–Crippen MR) is 122 cm³/mol. The molecule has 0 aliphatic carbocycles. The second-order valence-electron chi connectivity index (χ2n) is 8.49. The van der Waals surface area contributed by atoms with Crippen LogP contribution in [0.3, 0.4) is 0 Å². The quantitative estimate of drug-likeness (QED) is 0.159. The number of imidazole rings is 1. The van der Waals surface area contributed by atoms with Gasteiger partial charge in [-0.05, 0) is 45.1 Å². The highest BCUT2D eigenvalue weighted by Crippen LogP contribution is 2.06. The van der Waals surface area contributed by atoms with Crippen molar-refractivity contribution < 1.29 is 24.3 Å². The van der Waals surface area contributed by atoms with Crippen molar-refractivity contribution in [3.05, 3.63) is 18.2 Å². The van der Waals surface area contributed by atoms with E-state index in [1.54, 1.807) is 0 Å². The number of carbonyl (C=O) groups is 4. The first-order valence-corrected chi connectivity index (χ1v) is 11.1. The van der Waals surface area contributed by atoms with Crippen molar-refractivity contribution in [3.63, 3.8) is 0 Å². The number of hydrogen-bond donors (Lipinski definition) is 7. The van der Waals surface area contributed by atoms with Gasteiger partial charge in [0.15, 0.2) is 0 Å². The van der Waals surface area contributed by atoms with Gasteiger partial charge in [0, 0.05) is 18.3 Å². The average molecular weight is 468 g/mol. The molecular formula is C21H37N7O5. The molecule has 4 unspecified atom stereocenters. The maximum absolute atomic E-state index is 12.8. The van der Waals surface area contributed by atoms with Crippen LogP contribution in [-0.2, 0) is 25.6 Å². The number of nitrogens with zero attached hydrogens (tertiary/aromatic N) is 1. The van der Waals surface area contributed by atoms with Crippen LogP contribution in [-0.4, -0.2) is 69.5 Å². The summed E-state index contributed by atoms with van der Waals surface area (Å²) in [4.78, 5) is 55.9. The number of hydrogen-bond acceptors (Lipinski definition) is 7. The third kappa shape index (κ3) is 10.4. The first kappa shape index (κ1) is 28.0. The molecule has 1 heterocycles. The minimum absolute atomic E-state index is 0.00470. The van der Waals surface area contributed by atoms with Crippen LogP contribution in [0.1, 0.15) is 52.1 Å². The minimum Gasteiger partial charge on any atom is -0.480 e. The van der Waals surface area contributed by atoms with Crippen LogP contribution >= 0.6 is 0 Å². The molecule has 0 saturated carbocycles. The summed E-state index contributed by atoms with van der Waals surface area (Å²) < 4.78 is 0. The van der Waals surface area contributed by atoms with Crippen LogP contribution in [0.2, 0.25) is 0 Å². The van der Waals surface area contributed by atoms with Crippen molar-refractivity contribution in [1.82, 2.24) is 25.9 Å². The van der Waals surface area contributed by atoms with E-state index in [4.69, 9.17) is 11.5 Å². The monoisotopic (exact) mass is 467 g/mol. The van der Waals surface area contributed by atoms with E-state index in [0.29, 0.717) is 31.5 Å². The molecule has 33 heavy (non-hydrogen) atoms. The first-order valence-electron chi connectivity index (χ1n) is 11.1. The molecule has 0 aliphatic heterocycles. The second-order valence-corrected chi connectivity index (χ2v) is 8.49. The van der Waals surface area contributed by atoms with Gasteiger partial charge in [-0.1, -0.05) is 13.8 Å². The Morgan fingerprint density at radius 3 is 2.24 bits per heavy atom. The Balaban J connectivity index is 2.79. The van der Waals surface area contributed by atoms with Crippen LogP contribution < -0.4 is 27.4 Å². The number of aliphatic carboxylic acids is 1. The van der Waals surface area contributed by atoms with Crippen LogP contribution in [0, 0.1) is 5.92 Å². The number of carboxylic acid groups (broad SMARTS) is 1. The lowest BCUT2D eigenvalue weighted by atomic mass is 10.0. The Morgan fingerprint density at radius 1 is 1.03 bits per heavy atom. The number of amides is 3. The molecule has 9 N–H and O–H groups in total. The smallest absolute Gasteiger partial charge is 0.326 e. The summed E-state index contributed by atoms with van der Waals surface area (Å²) in [5.41, 5.74) is 11.9. The lowest BCUT2D eigenvalue weighted by Gasteiger charge is -2.24. The lowest BCUT2D eigenvalue weighted by molar-refractivity contribution is -0.142. The van der Waals surface area contributed by atoms with Gasteiger partial charge in [-0.15, -0.1) is 0 Å². The highest BCUT2D eigenvalue weighted by Gasteiger charge is 2.29. The Bertz CT molecular complexity index is 769. The molecule has 0 fully saturated rings. The molecule has 0 saturated heterocycles. The van der Waals surface area contributed by atoms with E-state index in [1.807, 2.05) is 13.8 Å².